The van der Waals surface area contributed by atoms with E-state index >= 15 is 0 Å². The molecule has 0 radical (unpaired) electrons. The first-order valence-corrected chi connectivity index (χ1v) is 10.7. The predicted octanol–water partition coefficient (Wildman–Crippen LogP) is 6.81. The van der Waals surface area contributed by atoms with Gasteiger partial charge in [0.05, 0.1) is 34.8 Å². The molecule has 14 heteroatoms. The average molecular weight is 542 g/mol. The second kappa shape index (κ2) is 9.78. The van der Waals surface area contributed by atoms with Crippen LogP contribution in [0.2, 0.25) is 0 Å². The van der Waals surface area contributed by atoms with Crippen molar-refractivity contribution in [2.45, 2.75) is 56.8 Å². The summed E-state index contributed by atoms with van der Waals surface area (Å²) in [5, 5.41) is 11.9. The van der Waals surface area contributed by atoms with E-state index in [2.05, 4.69) is 5.32 Å². The van der Waals surface area contributed by atoms with Gasteiger partial charge in [0, 0.05) is 6.04 Å². The summed E-state index contributed by atoms with van der Waals surface area (Å²) in [6.07, 6.45) is -17.4. The van der Waals surface area contributed by atoms with Gasteiger partial charge in [-0.1, -0.05) is 6.92 Å². The maximum absolute atomic E-state index is 13.3. The molecule has 1 aliphatic rings. The number of nitrogens with one attached hydrogen (secondary N) is 1. The minimum absolute atomic E-state index is 0.0935. The summed E-state index contributed by atoms with van der Waals surface area (Å²) in [5.41, 5.74) is -5.30. The normalized spacial score (nSPS) is 18.4. The lowest BCUT2D eigenvalue weighted by atomic mass is 9.88. The third-order valence-electron chi connectivity index (χ3n) is 5.89. The number of alkyl halides is 9. The van der Waals surface area contributed by atoms with Gasteiger partial charge in [0.2, 0.25) is 5.91 Å². The first-order valence-electron chi connectivity index (χ1n) is 10.7. The van der Waals surface area contributed by atoms with Crippen LogP contribution in [0.1, 0.15) is 53.6 Å². The molecule has 3 rings (SSSR count). The zero-order valence-corrected chi connectivity index (χ0v) is 18.9. The molecule has 0 spiro atoms. The van der Waals surface area contributed by atoms with Crippen LogP contribution >= 0.6 is 0 Å². The Morgan fingerprint density at radius 1 is 0.892 bits per heavy atom. The summed E-state index contributed by atoms with van der Waals surface area (Å²) in [4.78, 5) is 25.3. The van der Waals surface area contributed by atoms with Gasteiger partial charge in [0.15, 0.2) is 0 Å². The van der Waals surface area contributed by atoms with Gasteiger partial charge in [0.1, 0.15) is 0 Å². The molecule has 0 saturated carbocycles. The van der Waals surface area contributed by atoms with Crippen molar-refractivity contribution in [3.8, 4) is 0 Å². The van der Waals surface area contributed by atoms with Crippen molar-refractivity contribution >= 4 is 17.7 Å². The largest absolute Gasteiger partial charge is 0.465 e. The van der Waals surface area contributed by atoms with Gasteiger partial charge < -0.3 is 10.4 Å². The molecular weight excluding hydrogens is 523 g/mol. The molecule has 2 aromatic rings. The van der Waals surface area contributed by atoms with Crippen LogP contribution in [-0.2, 0) is 29.7 Å². The third kappa shape index (κ3) is 6.28. The number of carboxylic acid groups (broad SMARTS) is 1. The molecule has 0 aliphatic carbocycles. The number of carbonyl (C=O) groups is 2. The van der Waals surface area contributed by atoms with Gasteiger partial charge in [-0.15, -0.1) is 0 Å². The Morgan fingerprint density at radius 3 is 1.89 bits per heavy atom. The second-order valence-corrected chi connectivity index (χ2v) is 8.43. The Balaban J connectivity index is 1.97. The van der Waals surface area contributed by atoms with Gasteiger partial charge in [-0.2, -0.15) is 39.5 Å². The van der Waals surface area contributed by atoms with Crippen molar-refractivity contribution in [1.29, 1.82) is 0 Å². The first kappa shape index (κ1) is 28.1. The van der Waals surface area contributed by atoms with Gasteiger partial charge in [-0.05, 0) is 60.4 Å². The molecule has 2 amide bonds. The molecule has 0 aromatic heterocycles. The van der Waals surface area contributed by atoms with Crippen LogP contribution in [0, 0.1) is 0 Å². The quantitative estimate of drug-likeness (QED) is 0.417. The van der Waals surface area contributed by atoms with Crippen LogP contribution in [0.25, 0.3) is 0 Å². The smallest absolute Gasteiger partial charge is 0.416 e. The Labute approximate surface area is 203 Å². The van der Waals surface area contributed by atoms with Gasteiger partial charge in [-0.25, -0.2) is 4.79 Å². The predicted molar refractivity (Wildman–Crippen MR) is 112 cm³/mol. The molecule has 1 aliphatic heterocycles. The number of rotatable bonds is 4. The fourth-order valence-electron chi connectivity index (χ4n) is 4.23. The number of benzene rings is 2. The number of fused-ring (bicyclic) bond motifs is 1. The third-order valence-corrected chi connectivity index (χ3v) is 5.89. The highest BCUT2D eigenvalue weighted by Gasteiger charge is 2.40. The first-order chi connectivity index (χ1) is 16.9. The Bertz CT molecular complexity index is 1160. The zero-order valence-electron chi connectivity index (χ0n) is 18.9. The van der Waals surface area contributed by atoms with E-state index in [4.69, 9.17) is 0 Å². The summed E-state index contributed by atoms with van der Waals surface area (Å²) in [7, 11) is 0. The molecule has 0 bridgehead atoms. The Morgan fingerprint density at radius 2 is 1.43 bits per heavy atom. The monoisotopic (exact) mass is 542 g/mol. The number of halogens is 9. The summed E-state index contributed by atoms with van der Waals surface area (Å²) >= 11 is 0. The van der Waals surface area contributed by atoms with Crippen LogP contribution in [0.3, 0.4) is 0 Å². The maximum atomic E-state index is 13.3. The molecule has 202 valence electrons. The average Bonchev–Trinajstić information content (AvgIpc) is 2.76. The lowest BCUT2D eigenvalue weighted by Crippen LogP contribution is -2.47. The van der Waals surface area contributed by atoms with Gasteiger partial charge in [0.25, 0.3) is 0 Å². The number of carbonyl (C=O) groups excluding carboxylic acids is 1. The molecule has 0 saturated heterocycles. The molecule has 1 heterocycles. The molecule has 37 heavy (non-hydrogen) atoms. The van der Waals surface area contributed by atoms with Crippen molar-refractivity contribution in [2.75, 3.05) is 4.90 Å². The second-order valence-electron chi connectivity index (χ2n) is 8.43. The van der Waals surface area contributed by atoms with Crippen LogP contribution in [0.5, 0.6) is 0 Å². The van der Waals surface area contributed by atoms with Crippen LogP contribution < -0.4 is 10.2 Å². The van der Waals surface area contributed by atoms with Gasteiger partial charge >= 0.3 is 24.6 Å². The SMILES string of the molecule is CCC1CC(NC(=O)Cc2cc(C(F)(F)F)cc(C(F)(F)F)c2)c2cc(C(F)(F)F)ccc2N1C(=O)O. The highest BCUT2D eigenvalue weighted by atomic mass is 19.4. The lowest BCUT2D eigenvalue weighted by molar-refractivity contribution is -0.143. The summed E-state index contributed by atoms with van der Waals surface area (Å²) < 4.78 is 119. The molecular formula is C23H19F9N2O3. The fraction of sp³-hybridized carbons (Fsp3) is 0.391. The minimum Gasteiger partial charge on any atom is -0.465 e. The number of hydrogen-bond acceptors (Lipinski definition) is 2. The topological polar surface area (TPSA) is 69.6 Å². The minimum atomic E-state index is -5.13. The van der Waals surface area contributed by atoms with Crippen molar-refractivity contribution in [3.63, 3.8) is 0 Å². The van der Waals surface area contributed by atoms with E-state index < -0.39 is 71.3 Å². The zero-order chi connectivity index (χ0) is 27.9. The van der Waals surface area contributed by atoms with E-state index in [9.17, 15) is 54.2 Å². The molecule has 2 aromatic carbocycles. The highest BCUT2D eigenvalue weighted by Crippen LogP contribution is 2.42. The Kier molecular flexibility index (Phi) is 7.44. The van der Waals surface area contributed by atoms with E-state index in [1.54, 1.807) is 6.92 Å². The van der Waals surface area contributed by atoms with Crippen LogP contribution in [0.15, 0.2) is 36.4 Å². The van der Waals surface area contributed by atoms with E-state index in [-0.39, 0.29) is 30.2 Å². The molecule has 2 atom stereocenters. The van der Waals surface area contributed by atoms with Gasteiger partial charge in [-0.3, -0.25) is 9.69 Å². The van der Waals surface area contributed by atoms with E-state index in [1.807, 2.05) is 0 Å². The fourth-order valence-corrected chi connectivity index (χ4v) is 4.23. The molecule has 2 unspecified atom stereocenters. The standard InChI is InChI=1S/C23H19F9N2O3/c1-2-15-10-17(16-9-12(21(24,25)26)3-4-18(16)34(15)20(36)37)33-19(35)7-11-5-13(22(27,28)29)8-14(6-11)23(30,31)32/h3-6,8-9,15,17H,2,7,10H2,1H3,(H,33,35)(H,36,37). The van der Waals surface area contributed by atoms with Crippen molar-refractivity contribution in [1.82, 2.24) is 5.32 Å². The van der Waals surface area contributed by atoms with Crippen LogP contribution in [0.4, 0.5) is 50.0 Å². The molecule has 2 N–H and O–H groups in total. The van der Waals surface area contributed by atoms with Crippen LogP contribution in [-0.4, -0.2) is 23.1 Å². The van der Waals surface area contributed by atoms with Crippen molar-refractivity contribution < 1.29 is 54.2 Å². The lowest BCUT2D eigenvalue weighted by Gasteiger charge is -2.39. The number of hydrogen-bond donors (Lipinski definition) is 2. The molecule has 0 fully saturated rings. The van der Waals surface area contributed by atoms with Crippen molar-refractivity contribution in [2.24, 2.45) is 0 Å². The number of nitrogens with zero attached hydrogens (tertiary/aromatic N) is 1. The summed E-state index contributed by atoms with van der Waals surface area (Å²) in [6.45, 7) is 1.61. The molecule has 5 nitrogen and oxygen atoms in total. The maximum Gasteiger partial charge on any atom is 0.416 e. The number of amides is 2. The van der Waals surface area contributed by atoms with E-state index in [1.165, 1.54) is 0 Å². The highest BCUT2D eigenvalue weighted by molar-refractivity contribution is 5.89. The van der Waals surface area contributed by atoms with Crippen molar-refractivity contribution in [3.05, 3.63) is 64.2 Å². The summed E-state index contributed by atoms with van der Waals surface area (Å²) in [6, 6.07) is 0.995. The van der Waals surface area contributed by atoms with E-state index in [0.717, 1.165) is 11.0 Å². The Hall–Kier alpha value is -3.45. The van der Waals surface area contributed by atoms with E-state index in [0.29, 0.717) is 24.3 Å². The summed E-state index contributed by atoms with van der Waals surface area (Å²) in [5.74, 6) is -1.06. The number of anilines is 1.